The number of anilines is 1. The smallest absolute Gasteiger partial charge is 0.192 e. The van der Waals surface area contributed by atoms with E-state index in [2.05, 4.69) is 4.98 Å². The Hall–Kier alpha value is -2.33. The van der Waals surface area contributed by atoms with Gasteiger partial charge in [-0.1, -0.05) is 18.2 Å². The monoisotopic (exact) mass is 253 g/mol. The zero-order valence-corrected chi connectivity index (χ0v) is 10.6. The second kappa shape index (κ2) is 4.40. The molecule has 96 valence electrons. The van der Waals surface area contributed by atoms with Crippen molar-refractivity contribution in [1.82, 2.24) is 4.98 Å². The number of aromatic nitrogens is 1. The SMILES string of the molecule is Cc1nc2cc(C(N)c3cccc(N)c3)ccc2o1. The van der Waals surface area contributed by atoms with Gasteiger partial charge in [-0.2, -0.15) is 0 Å². The number of benzene rings is 2. The number of oxazole rings is 1. The molecule has 0 saturated carbocycles. The van der Waals surface area contributed by atoms with Crippen LogP contribution in [0.2, 0.25) is 0 Å². The van der Waals surface area contributed by atoms with Crippen LogP contribution < -0.4 is 11.5 Å². The maximum Gasteiger partial charge on any atom is 0.192 e. The number of nitrogens with two attached hydrogens (primary N) is 2. The Morgan fingerprint density at radius 3 is 2.68 bits per heavy atom. The lowest BCUT2D eigenvalue weighted by molar-refractivity contribution is 0.561. The highest BCUT2D eigenvalue weighted by Gasteiger charge is 2.11. The van der Waals surface area contributed by atoms with E-state index in [1.165, 1.54) is 0 Å². The number of aryl methyl sites for hydroxylation is 1. The van der Waals surface area contributed by atoms with Gasteiger partial charge in [-0.3, -0.25) is 0 Å². The zero-order chi connectivity index (χ0) is 13.4. The van der Waals surface area contributed by atoms with Gasteiger partial charge in [0.05, 0.1) is 6.04 Å². The highest BCUT2D eigenvalue weighted by atomic mass is 16.3. The molecule has 1 unspecified atom stereocenters. The van der Waals surface area contributed by atoms with Crippen molar-refractivity contribution in [3.8, 4) is 0 Å². The van der Waals surface area contributed by atoms with Crippen LogP contribution in [-0.4, -0.2) is 4.98 Å². The Bertz CT molecular complexity index is 733. The van der Waals surface area contributed by atoms with Crippen LogP contribution in [0, 0.1) is 6.92 Å². The lowest BCUT2D eigenvalue weighted by atomic mass is 9.99. The Labute approximate surface area is 111 Å². The van der Waals surface area contributed by atoms with E-state index >= 15 is 0 Å². The number of fused-ring (bicyclic) bond motifs is 1. The first-order valence-electron chi connectivity index (χ1n) is 6.11. The van der Waals surface area contributed by atoms with Crippen molar-refractivity contribution in [3.05, 3.63) is 59.5 Å². The minimum atomic E-state index is -0.218. The first-order valence-corrected chi connectivity index (χ1v) is 6.11. The van der Waals surface area contributed by atoms with Gasteiger partial charge in [-0.05, 0) is 35.4 Å². The van der Waals surface area contributed by atoms with E-state index in [0.29, 0.717) is 11.6 Å². The zero-order valence-electron chi connectivity index (χ0n) is 10.6. The number of nitrogens with zero attached hydrogens (tertiary/aromatic N) is 1. The molecule has 3 aromatic rings. The molecule has 1 heterocycles. The second-order valence-corrected chi connectivity index (χ2v) is 4.61. The van der Waals surface area contributed by atoms with Gasteiger partial charge < -0.3 is 15.9 Å². The summed E-state index contributed by atoms with van der Waals surface area (Å²) < 4.78 is 5.46. The molecule has 4 N–H and O–H groups in total. The first-order chi connectivity index (χ1) is 9.13. The molecule has 0 radical (unpaired) electrons. The van der Waals surface area contributed by atoms with Gasteiger partial charge in [-0.25, -0.2) is 4.98 Å². The number of hydrogen-bond donors (Lipinski definition) is 2. The summed E-state index contributed by atoms with van der Waals surface area (Å²) in [5.74, 6) is 0.657. The van der Waals surface area contributed by atoms with Gasteiger partial charge in [0, 0.05) is 12.6 Å². The van der Waals surface area contributed by atoms with Crippen molar-refractivity contribution >= 4 is 16.8 Å². The molecule has 0 spiro atoms. The first kappa shape index (κ1) is 11.7. The molecule has 0 aliphatic carbocycles. The minimum absolute atomic E-state index is 0.218. The lowest BCUT2D eigenvalue weighted by Gasteiger charge is -2.12. The fourth-order valence-electron chi connectivity index (χ4n) is 2.20. The molecule has 4 nitrogen and oxygen atoms in total. The molecule has 4 heteroatoms. The lowest BCUT2D eigenvalue weighted by Crippen LogP contribution is -2.11. The second-order valence-electron chi connectivity index (χ2n) is 4.61. The summed E-state index contributed by atoms with van der Waals surface area (Å²) in [5.41, 5.74) is 16.4. The van der Waals surface area contributed by atoms with Gasteiger partial charge in [0.2, 0.25) is 0 Å². The van der Waals surface area contributed by atoms with Gasteiger partial charge >= 0.3 is 0 Å². The van der Waals surface area contributed by atoms with Crippen LogP contribution in [0.5, 0.6) is 0 Å². The topological polar surface area (TPSA) is 78.1 Å². The van der Waals surface area contributed by atoms with Crippen molar-refractivity contribution in [2.45, 2.75) is 13.0 Å². The summed E-state index contributed by atoms with van der Waals surface area (Å²) in [6, 6.07) is 13.2. The van der Waals surface area contributed by atoms with Crippen molar-refractivity contribution in [2.24, 2.45) is 5.73 Å². The molecule has 0 aliphatic rings. The highest BCUT2D eigenvalue weighted by Crippen LogP contribution is 2.25. The summed E-state index contributed by atoms with van der Waals surface area (Å²) in [7, 11) is 0. The number of hydrogen-bond acceptors (Lipinski definition) is 4. The fraction of sp³-hybridized carbons (Fsp3) is 0.133. The average molecular weight is 253 g/mol. The Balaban J connectivity index is 2.03. The Kier molecular flexibility index (Phi) is 2.72. The van der Waals surface area contributed by atoms with E-state index in [4.69, 9.17) is 15.9 Å². The third-order valence-electron chi connectivity index (χ3n) is 3.15. The summed E-state index contributed by atoms with van der Waals surface area (Å²) in [4.78, 5) is 4.32. The van der Waals surface area contributed by atoms with Crippen molar-refractivity contribution < 1.29 is 4.42 Å². The van der Waals surface area contributed by atoms with Crippen LogP contribution >= 0.6 is 0 Å². The summed E-state index contributed by atoms with van der Waals surface area (Å²) in [6.45, 7) is 1.83. The molecule has 2 aromatic carbocycles. The number of nitrogen functional groups attached to an aromatic ring is 1. The molecular weight excluding hydrogens is 238 g/mol. The molecule has 1 aromatic heterocycles. The molecule has 0 amide bonds. The normalized spacial score (nSPS) is 12.7. The molecule has 0 fully saturated rings. The quantitative estimate of drug-likeness (QED) is 0.688. The van der Waals surface area contributed by atoms with Crippen LogP contribution in [0.4, 0.5) is 5.69 Å². The highest BCUT2D eigenvalue weighted by molar-refractivity contribution is 5.73. The predicted octanol–water partition coefficient (Wildman–Crippen LogP) is 2.77. The Morgan fingerprint density at radius 2 is 1.89 bits per heavy atom. The van der Waals surface area contributed by atoms with Gasteiger partial charge in [0.25, 0.3) is 0 Å². The fourth-order valence-corrected chi connectivity index (χ4v) is 2.20. The number of rotatable bonds is 2. The van der Waals surface area contributed by atoms with E-state index in [0.717, 1.165) is 22.2 Å². The molecule has 1 atom stereocenters. The third-order valence-corrected chi connectivity index (χ3v) is 3.15. The van der Waals surface area contributed by atoms with E-state index in [9.17, 15) is 0 Å². The molecule has 19 heavy (non-hydrogen) atoms. The summed E-state index contributed by atoms with van der Waals surface area (Å²) >= 11 is 0. The van der Waals surface area contributed by atoms with Crippen LogP contribution in [0.1, 0.15) is 23.1 Å². The van der Waals surface area contributed by atoms with E-state index in [1.54, 1.807) is 0 Å². The molecule has 3 rings (SSSR count). The molecular formula is C15H15N3O. The van der Waals surface area contributed by atoms with Crippen molar-refractivity contribution in [1.29, 1.82) is 0 Å². The predicted molar refractivity (Wildman–Crippen MR) is 75.6 cm³/mol. The van der Waals surface area contributed by atoms with Gasteiger partial charge in [0.15, 0.2) is 11.5 Å². The molecule has 0 bridgehead atoms. The maximum atomic E-state index is 6.27. The van der Waals surface area contributed by atoms with Crippen molar-refractivity contribution in [2.75, 3.05) is 5.73 Å². The third kappa shape index (κ3) is 2.18. The van der Waals surface area contributed by atoms with Crippen molar-refractivity contribution in [3.63, 3.8) is 0 Å². The van der Waals surface area contributed by atoms with Crippen LogP contribution in [0.15, 0.2) is 46.9 Å². The largest absolute Gasteiger partial charge is 0.441 e. The van der Waals surface area contributed by atoms with E-state index in [-0.39, 0.29) is 6.04 Å². The van der Waals surface area contributed by atoms with E-state index in [1.807, 2.05) is 49.4 Å². The van der Waals surface area contributed by atoms with E-state index < -0.39 is 0 Å². The molecule has 0 aliphatic heterocycles. The Morgan fingerprint density at radius 1 is 1.11 bits per heavy atom. The van der Waals surface area contributed by atoms with Crippen LogP contribution in [-0.2, 0) is 0 Å². The minimum Gasteiger partial charge on any atom is -0.441 e. The summed E-state index contributed by atoms with van der Waals surface area (Å²) in [5, 5.41) is 0. The maximum absolute atomic E-state index is 6.27. The summed E-state index contributed by atoms with van der Waals surface area (Å²) in [6.07, 6.45) is 0. The van der Waals surface area contributed by atoms with Gasteiger partial charge in [0.1, 0.15) is 5.52 Å². The van der Waals surface area contributed by atoms with Crippen LogP contribution in [0.25, 0.3) is 11.1 Å². The average Bonchev–Trinajstić information content (AvgIpc) is 2.76. The molecule has 0 saturated heterocycles. The van der Waals surface area contributed by atoms with Gasteiger partial charge in [-0.15, -0.1) is 0 Å². The van der Waals surface area contributed by atoms with Crippen LogP contribution in [0.3, 0.4) is 0 Å². The standard InChI is InChI=1S/C15H15N3O/c1-9-18-13-8-11(5-6-14(13)19-9)15(17)10-3-2-4-12(16)7-10/h2-8,15H,16-17H2,1H3.